The summed E-state index contributed by atoms with van der Waals surface area (Å²) in [6, 6.07) is 0. The van der Waals surface area contributed by atoms with Crippen molar-refractivity contribution in [1.29, 1.82) is 0 Å². The van der Waals surface area contributed by atoms with Gasteiger partial charge >= 0.3 is 39.5 Å². The molecule has 0 aliphatic carbocycles. The molecule has 17 nitrogen and oxygen atoms in total. The minimum absolute atomic E-state index is 0.107. The molecule has 0 fully saturated rings. The first kappa shape index (κ1) is 101. The minimum atomic E-state index is -4.97. The lowest BCUT2D eigenvalue weighted by Crippen LogP contribution is -2.30. The highest BCUT2D eigenvalue weighted by Crippen LogP contribution is 2.45. The van der Waals surface area contributed by atoms with Gasteiger partial charge in [-0.25, -0.2) is 9.13 Å². The maximum Gasteiger partial charge on any atom is 0.472 e. The smallest absolute Gasteiger partial charge is 0.462 e. The fourth-order valence-electron chi connectivity index (χ4n) is 13.0. The zero-order valence-electron chi connectivity index (χ0n) is 68.0. The molecule has 0 aromatic heterocycles. The third-order valence-corrected chi connectivity index (χ3v) is 21.5. The molecular formula is C84H164O17P2. The minimum Gasteiger partial charge on any atom is -0.462 e. The number of aliphatic hydroxyl groups excluding tert-OH is 1. The standard InChI is InChI=1S/C84H164O17P2/c1-74(2)60-52-44-36-29-23-17-11-9-10-12-21-27-33-41-50-58-66-83(88)100-79(70-94-81(86)64-56-48-40-32-26-20-15-13-18-24-30-37-45-53-61-75(3)4)72-98-102(90,91)96-68-78(85)69-97-103(92,93)99-73-80(71-95-82(87)65-57-49-43-35-39-47-55-63-77(7)8)101-84(89)67-59-51-42-34-28-22-16-14-19-25-31-38-46-54-62-76(5)6/h74-80,85H,9-73H2,1-8H3,(H,90,91)(H,92,93)/t78?,79-,80-/m1/s1. The van der Waals surface area contributed by atoms with E-state index in [4.69, 9.17) is 37.0 Å². The van der Waals surface area contributed by atoms with E-state index in [2.05, 4.69) is 55.4 Å². The van der Waals surface area contributed by atoms with Gasteiger partial charge in [-0.05, 0) is 49.4 Å². The van der Waals surface area contributed by atoms with Crippen LogP contribution >= 0.6 is 15.6 Å². The summed E-state index contributed by atoms with van der Waals surface area (Å²) in [6.07, 6.45) is 61.1. The predicted molar refractivity (Wildman–Crippen MR) is 423 cm³/mol. The number of hydrogen-bond acceptors (Lipinski definition) is 15. The molecular weight excluding hydrogens is 1340 g/mol. The van der Waals surface area contributed by atoms with Crippen molar-refractivity contribution in [3.63, 3.8) is 0 Å². The Balaban J connectivity index is 5.24. The molecule has 0 bridgehead atoms. The summed E-state index contributed by atoms with van der Waals surface area (Å²) < 4.78 is 68.8. The van der Waals surface area contributed by atoms with E-state index in [9.17, 15) is 43.2 Å². The monoisotopic (exact) mass is 1510 g/mol. The molecule has 0 spiro atoms. The average molecular weight is 1510 g/mol. The highest BCUT2D eigenvalue weighted by atomic mass is 31.2. The van der Waals surface area contributed by atoms with E-state index in [0.717, 1.165) is 114 Å². The van der Waals surface area contributed by atoms with Gasteiger partial charge in [0.2, 0.25) is 0 Å². The largest absolute Gasteiger partial charge is 0.472 e. The number of rotatable bonds is 81. The van der Waals surface area contributed by atoms with E-state index in [0.29, 0.717) is 31.6 Å². The number of unbranched alkanes of at least 4 members (excludes halogenated alkanes) is 47. The summed E-state index contributed by atoms with van der Waals surface area (Å²) in [5.74, 6) is 0.998. The summed E-state index contributed by atoms with van der Waals surface area (Å²) in [6.45, 7) is 14.3. The summed E-state index contributed by atoms with van der Waals surface area (Å²) in [5, 5.41) is 10.7. The van der Waals surface area contributed by atoms with Crippen LogP contribution in [0.3, 0.4) is 0 Å². The van der Waals surface area contributed by atoms with Crippen LogP contribution in [0.1, 0.15) is 434 Å². The lowest BCUT2D eigenvalue weighted by Gasteiger charge is -2.21. The van der Waals surface area contributed by atoms with Gasteiger partial charge in [0.05, 0.1) is 26.4 Å². The van der Waals surface area contributed by atoms with E-state index in [1.54, 1.807) is 0 Å². The summed E-state index contributed by atoms with van der Waals surface area (Å²) in [5.41, 5.74) is 0. The number of phosphoric ester groups is 2. The molecule has 3 unspecified atom stereocenters. The van der Waals surface area contributed by atoms with Gasteiger partial charge in [0, 0.05) is 25.7 Å². The first-order chi connectivity index (χ1) is 49.6. The predicted octanol–water partition coefficient (Wildman–Crippen LogP) is 25.2. The van der Waals surface area contributed by atoms with Crippen LogP contribution in [0.15, 0.2) is 0 Å². The average Bonchev–Trinajstić information content (AvgIpc) is 0.910. The van der Waals surface area contributed by atoms with Crippen molar-refractivity contribution in [3.05, 3.63) is 0 Å². The Morgan fingerprint density at radius 3 is 0.602 bits per heavy atom. The third kappa shape index (κ3) is 78.0. The van der Waals surface area contributed by atoms with Crippen LogP contribution in [-0.2, 0) is 65.4 Å². The second-order valence-electron chi connectivity index (χ2n) is 32.1. The van der Waals surface area contributed by atoms with Gasteiger partial charge in [0.25, 0.3) is 0 Å². The Morgan fingerprint density at radius 1 is 0.243 bits per heavy atom. The molecule has 3 N–H and O–H groups in total. The molecule has 0 aliphatic rings. The summed E-state index contributed by atoms with van der Waals surface area (Å²) in [4.78, 5) is 73.1. The van der Waals surface area contributed by atoms with Crippen LogP contribution in [0, 0.1) is 23.7 Å². The third-order valence-electron chi connectivity index (χ3n) is 19.6. The number of ether oxygens (including phenoxy) is 4. The lowest BCUT2D eigenvalue weighted by molar-refractivity contribution is -0.161. The first-order valence-electron chi connectivity index (χ1n) is 43.2. The molecule has 0 amide bonds. The molecule has 0 aromatic rings. The molecule has 0 rings (SSSR count). The second-order valence-corrected chi connectivity index (χ2v) is 35.0. The molecule has 0 saturated heterocycles. The van der Waals surface area contributed by atoms with Crippen LogP contribution in [0.4, 0.5) is 0 Å². The van der Waals surface area contributed by atoms with E-state index in [1.165, 1.54) is 231 Å². The van der Waals surface area contributed by atoms with Crippen molar-refractivity contribution in [2.24, 2.45) is 23.7 Å². The van der Waals surface area contributed by atoms with Gasteiger partial charge in [-0.15, -0.1) is 0 Å². The molecule has 0 aliphatic heterocycles. The molecule has 0 aromatic carbocycles. The number of esters is 4. The van der Waals surface area contributed by atoms with Crippen molar-refractivity contribution >= 4 is 39.5 Å². The summed E-state index contributed by atoms with van der Waals surface area (Å²) in [7, 11) is -9.93. The van der Waals surface area contributed by atoms with E-state index >= 15 is 0 Å². The molecule has 5 atom stereocenters. The van der Waals surface area contributed by atoms with E-state index in [-0.39, 0.29) is 25.7 Å². The maximum atomic E-state index is 13.1. The Morgan fingerprint density at radius 2 is 0.408 bits per heavy atom. The van der Waals surface area contributed by atoms with Crippen LogP contribution in [0.5, 0.6) is 0 Å². The fraction of sp³-hybridized carbons (Fsp3) is 0.952. The van der Waals surface area contributed by atoms with Crippen molar-refractivity contribution < 1.29 is 80.2 Å². The molecule has 103 heavy (non-hydrogen) atoms. The number of phosphoric acid groups is 2. The van der Waals surface area contributed by atoms with Crippen molar-refractivity contribution in [1.82, 2.24) is 0 Å². The van der Waals surface area contributed by atoms with Crippen molar-refractivity contribution in [2.45, 2.75) is 453 Å². The number of carbonyl (C=O) groups is 4. The van der Waals surface area contributed by atoms with E-state index < -0.39 is 97.5 Å². The van der Waals surface area contributed by atoms with Crippen LogP contribution in [-0.4, -0.2) is 96.7 Å². The number of hydrogen-bond donors (Lipinski definition) is 3. The van der Waals surface area contributed by atoms with Crippen LogP contribution in [0.2, 0.25) is 0 Å². The molecule has 0 heterocycles. The topological polar surface area (TPSA) is 237 Å². The summed E-state index contributed by atoms with van der Waals surface area (Å²) >= 11 is 0. The number of carbonyl (C=O) groups excluding carboxylic acids is 4. The Hall–Kier alpha value is -1.94. The van der Waals surface area contributed by atoms with Gasteiger partial charge in [-0.1, -0.05) is 383 Å². The van der Waals surface area contributed by atoms with E-state index in [1.807, 2.05) is 0 Å². The molecule has 0 saturated carbocycles. The maximum absolute atomic E-state index is 13.1. The van der Waals surface area contributed by atoms with Gasteiger partial charge in [-0.3, -0.25) is 37.3 Å². The Kier molecular flexibility index (Phi) is 71.5. The highest BCUT2D eigenvalue weighted by Gasteiger charge is 2.30. The lowest BCUT2D eigenvalue weighted by atomic mass is 10.0. The van der Waals surface area contributed by atoms with Gasteiger partial charge < -0.3 is 33.8 Å². The van der Waals surface area contributed by atoms with Gasteiger partial charge in [0.15, 0.2) is 12.2 Å². The zero-order chi connectivity index (χ0) is 76.0. The quantitative estimate of drug-likeness (QED) is 0.0222. The molecule has 612 valence electrons. The first-order valence-corrected chi connectivity index (χ1v) is 46.2. The molecule has 0 radical (unpaired) electrons. The highest BCUT2D eigenvalue weighted by molar-refractivity contribution is 7.47. The van der Waals surface area contributed by atoms with Gasteiger partial charge in [0.1, 0.15) is 19.3 Å². The fourth-order valence-corrected chi connectivity index (χ4v) is 14.5. The normalized spacial score (nSPS) is 14.0. The molecule has 19 heteroatoms. The van der Waals surface area contributed by atoms with Gasteiger partial charge in [-0.2, -0.15) is 0 Å². The Bertz CT molecular complexity index is 2010. The zero-order valence-corrected chi connectivity index (χ0v) is 69.7. The van der Waals surface area contributed by atoms with Crippen molar-refractivity contribution in [3.8, 4) is 0 Å². The second kappa shape index (κ2) is 72.9. The van der Waals surface area contributed by atoms with Crippen molar-refractivity contribution in [2.75, 3.05) is 39.6 Å². The Labute approximate surface area is 632 Å². The number of aliphatic hydroxyl groups is 1. The SMILES string of the molecule is CC(C)CCCCCCCCCCCCCCCCCCC(=O)O[C@H](COC(=O)CCCCCCCCCCCCCCCCC(C)C)COP(=O)(O)OCC(O)COP(=O)(O)OC[C@@H](COC(=O)CCCCCCCCCC(C)C)OC(=O)CCCCCCCCCCCCCCCCC(C)C. The van der Waals surface area contributed by atoms with Crippen LogP contribution < -0.4 is 0 Å². The van der Waals surface area contributed by atoms with Crippen LogP contribution in [0.25, 0.3) is 0 Å².